The second-order valence-corrected chi connectivity index (χ2v) is 12.6. The molecule has 10 rings (SSSR count). The lowest BCUT2D eigenvalue weighted by Crippen LogP contribution is -2.03. The molecule has 10 aromatic rings. The molecule has 2 aromatic heterocycles. The Bertz CT molecular complexity index is 2870. The van der Waals surface area contributed by atoms with E-state index in [4.69, 9.17) is 9.97 Å². The predicted octanol–water partition coefficient (Wildman–Crippen LogP) is 12.0. The lowest BCUT2D eigenvalue weighted by atomic mass is 9.99. The smallest absolute Gasteiger partial charge is 0.235 e. The van der Waals surface area contributed by atoms with E-state index in [2.05, 4.69) is 180 Å². The van der Waals surface area contributed by atoms with Gasteiger partial charge in [-0.05, 0) is 68.1 Å². The first-order valence-corrected chi connectivity index (χ1v) is 16.7. The van der Waals surface area contributed by atoms with Gasteiger partial charge in [-0.15, -0.1) is 0 Å². The highest BCUT2D eigenvalue weighted by atomic mass is 15.2. The Morgan fingerprint density at radius 3 is 1.80 bits per heavy atom. The second-order valence-electron chi connectivity index (χ2n) is 12.6. The van der Waals surface area contributed by atoms with Crippen molar-refractivity contribution in [2.75, 3.05) is 0 Å². The molecule has 0 saturated heterocycles. The summed E-state index contributed by atoms with van der Waals surface area (Å²) in [5.74, 6) is 0.661. The molecule has 0 fully saturated rings. The van der Waals surface area contributed by atoms with Crippen LogP contribution in [0.1, 0.15) is 0 Å². The molecular formula is C46H29N3. The van der Waals surface area contributed by atoms with Gasteiger partial charge >= 0.3 is 0 Å². The highest BCUT2D eigenvalue weighted by molar-refractivity contribution is 6.21. The first kappa shape index (κ1) is 27.5. The van der Waals surface area contributed by atoms with E-state index >= 15 is 0 Å². The summed E-state index contributed by atoms with van der Waals surface area (Å²) in [6, 6.07) is 62.7. The first-order chi connectivity index (χ1) is 24.3. The molecule has 0 saturated carbocycles. The molecule has 0 bridgehead atoms. The Kier molecular flexibility index (Phi) is 6.18. The highest BCUT2D eigenvalue weighted by Crippen LogP contribution is 2.39. The van der Waals surface area contributed by atoms with Crippen molar-refractivity contribution in [1.29, 1.82) is 0 Å². The van der Waals surface area contributed by atoms with E-state index < -0.39 is 0 Å². The topological polar surface area (TPSA) is 30.7 Å². The minimum Gasteiger partial charge on any atom is -0.278 e. The standard InChI is InChI=1S/C46H29N3/c1-2-10-30(11-3-1)32-18-20-33(21-19-32)36-24-26-40-43(29-36)49(42-27-25-34-13-6-7-15-38(34)44(40)42)46-47-41-17-9-8-16-39(41)45(48-46)37-23-22-31-12-4-5-14-35(31)28-37/h1-29H. The lowest BCUT2D eigenvalue weighted by Gasteiger charge is -2.13. The van der Waals surface area contributed by atoms with Crippen molar-refractivity contribution in [1.82, 2.24) is 14.5 Å². The van der Waals surface area contributed by atoms with Gasteiger partial charge in [-0.25, -0.2) is 9.97 Å². The fraction of sp³-hybridized carbons (Fsp3) is 0. The molecule has 2 heterocycles. The Hall–Kier alpha value is -6.58. The van der Waals surface area contributed by atoms with Gasteiger partial charge in [0, 0.05) is 21.7 Å². The van der Waals surface area contributed by atoms with Crippen LogP contribution in [0.3, 0.4) is 0 Å². The third-order valence-corrected chi connectivity index (χ3v) is 9.80. The Morgan fingerprint density at radius 2 is 0.959 bits per heavy atom. The van der Waals surface area contributed by atoms with Crippen LogP contribution in [0.2, 0.25) is 0 Å². The normalized spacial score (nSPS) is 11.7. The number of hydrogen-bond donors (Lipinski definition) is 0. The minimum absolute atomic E-state index is 0.661. The van der Waals surface area contributed by atoms with Crippen molar-refractivity contribution in [2.24, 2.45) is 0 Å². The molecule has 0 spiro atoms. The van der Waals surface area contributed by atoms with Gasteiger partial charge in [0.2, 0.25) is 5.95 Å². The van der Waals surface area contributed by atoms with Crippen molar-refractivity contribution in [3.05, 3.63) is 176 Å². The maximum absolute atomic E-state index is 5.40. The van der Waals surface area contributed by atoms with Crippen LogP contribution in [0.15, 0.2) is 176 Å². The number of hydrogen-bond acceptors (Lipinski definition) is 2. The van der Waals surface area contributed by atoms with Crippen LogP contribution in [0.5, 0.6) is 0 Å². The molecule has 0 amide bonds. The summed E-state index contributed by atoms with van der Waals surface area (Å²) in [6.45, 7) is 0. The Labute approximate surface area is 283 Å². The molecule has 0 N–H and O–H groups in total. The monoisotopic (exact) mass is 623 g/mol. The van der Waals surface area contributed by atoms with Crippen molar-refractivity contribution < 1.29 is 0 Å². The third-order valence-electron chi connectivity index (χ3n) is 9.80. The minimum atomic E-state index is 0.661. The number of nitrogens with zero attached hydrogens (tertiary/aromatic N) is 3. The van der Waals surface area contributed by atoms with E-state index in [1.54, 1.807) is 0 Å². The molecule has 3 heteroatoms. The van der Waals surface area contributed by atoms with Crippen LogP contribution in [0, 0.1) is 0 Å². The van der Waals surface area contributed by atoms with Crippen molar-refractivity contribution in [2.45, 2.75) is 0 Å². The predicted molar refractivity (Wildman–Crippen MR) is 205 cm³/mol. The molecule has 228 valence electrons. The molecular weight excluding hydrogens is 595 g/mol. The zero-order valence-corrected chi connectivity index (χ0v) is 26.6. The molecule has 0 aliphatic rings. The van der Waals surface area contributed by atoms with Crippen LogP contribution >= 0.6 is 0 Å². The van der Waals surface area contributed by atoms with Gasteiger partial charge < -0.3 is 0 Å². The van der Waals surface area contributed by atoms with Crippen LogP contribution in [-0.2, 0) is 0 Å². The van der Waals surface area contributed by atoms with Crippen LogP contribution < -0.4 is 0 Å². The maximum atomic E-state index is 5.40. The van der Waals surface area contributed by atoms with Crippen molar-refractivity contribution in [3.63, 3.8) is 0 Å². The van der Waals surface area contributed by atoms with E-state index in [9.17, 15) is 0 Å². The quantitative estimate of drug-likeness (QED) is 0.195. The lowest BCUT2D eigenvalue weighted by molar-refractivity contribution is 1.01. The number of aromatic nitrogens is 3. The third kappa shape index (κ3) is 4.51. The molecule has 0 radical (unpaired) electrons. The van der Waals surface area contributed by atoms with Crippen molar-refractivity contribution >= 4 is 54.3 Å². The van der Waals surface area contributed by atoms with E-state index in [0.29, 0.717) is 5.95 Å². The summed E-state index contributed by atoms with van der Waals surface area (Å²) in [7, 11) is 0. The molecule has 0 aliphatic carbocycles. The molecule has 49 heavy (non-hydrogen) atoms. The van der Waals surface area contributed by atoms with E-state index in [1.807, 2.05) is 0 Å². The molecule has 0 unspecified atom stereocenters. The molecule has 0 aliphatic heterocycles. The fourth-order valence-corrected chi connectivity index (χ4v) is 7.39. The van der Waals surface area contributed by atoms with Gasteiger partial charge in [-0.2, -0.15) is 0 Å². The average molecular weight is 624 g/mol. The fourth-order valence-electron chi connectivity index (χ4n) is 7.39. The number of para-hydroxylation sites is 1. The van der Waals surface area contributed by atoms with E-state index in [-0.39, 0.29) is 0 Å². The van der Waals surface area contributed by atoms with Crippen LogP contribution in [0.25, 0.3) is 93.7 Å². The Morgan fingerprint density at radius 1 is 0.347 bits per heavy atom. The molecule has 0 atom stereocenters. The summed E-state index contributed by atoms with van der Waals surface area (Å²) in [4.78, 5) is 10.6. The highest BCUT2D eigenvalue weighted by Gasteiger charge is 2.19. The van der Waals surface area contributed by atoms with Gasteiger partial charge in [0.1, 0.15) is 0 Å². The van der Waals surface area contributed by atoms with Gasteiger partial charge in [0.15, 0.2) is 0 Å². The van der Waals surface area contributed by atoms with E-state index in [1.165, 1.54) is 49.0 Å². The van der Waals surface area contributed by atoms with Gasteiger partial charge in [0.25, 0.3) is 0 Å². The zero-order chi connectivity index (χ0) is 32.3. The summed E-state index contributed by atoms with van der Waals surface area (Å²) in [6.07, 6.45) is 0. The first-order valence-electron chi connectivity index (χ1n) is 16.7. The molecule has 3 nitrogen and oxygen atoms in total. The number of fused-ring (bicyclic) bond motifs is 7. The van der Waals surface area contributed by atoms with Crippen LogP contribution in [-0.4, -0.2) is 14.5 Å². The number of rotatable bonds is 4. The SMILES string of the molecule is c1ccc(-c2ccc(-c3ccc4c5c6ccccc6ccc5n(-c5nc(-c6ccc7ccccc7c6)c6ccccc6n5)c4c3)cc2)cc1. The van der Waals surface area contributed by atoms with E-state index in [0.717, 1.165) is 38.8 Å². The average Bonchev–Trinajstić information content (AvgIpc) is 3.52. The maximum Gasteiger partial charge on any atom is 0.235 e. The number of benzene rings is 8. The summed E-state index contributed by atoms with van der Waals surface area (Å²) < 4.78 is 2.26. The summed E-state index contributed by atoms with van der Waals surface area (Å²) in [5.41, 5.74) is 9.82. The summed E-state index contributed by atoms with van der Waals surface area (Å²) in [5, 5.41) is 8.26. The zero-order valence-electron chi connectivity index (χ0n) is 26.6. The second kappa shape index (κ2) is 11.0. The molecule has 8 aromatic carbocycles. The largest absolute Gasteiger partial charge is 0.278 e. The van der Waals surface area contributed by atoms with Crippen LogP contribution in [0.4, 0.5) is 0 Å². The van der Waals surface area contributed by atoms with Gasteiger partial charge in [-0.3, -0.25) is 4.57 Å². The Balaban J connectivity index is 1.24. The van der Waals surface area contributed by atoms with Crippen molar-refractivity contribution in [3.8, 4) is 39.5 Å². The van der Waals surface area contributed by atoms with Gasteiger partial charge in [0.05, 0.1) is 22.2 Å². The van der Waals surface area contributed by atoms with Gasteiger partial charge in [-0.1, -0.05) is 152 Å². The summed E-state index contributed by atoms with van der Waals surface area (Å²) >= 11 is 0.